The van der Waals surface area contributed by atoms with Gasteiger partial charge >= 0.3 is 0 Å². The van der Waals surface area contributed by atoms with Crippen molar-refractivity contribution in [3.05, 3.63) is 194 Å². The van der Waals surface area contributed by atoms with Gasteiger partial charge in [0.25, 0.3) is 0 Å². The lowest BCUT2D eigenvalue weighted by molar-refractivity contribution is 0.953. The lowest BCUT2D eigenvalue weighted by Crippen LogP contribution is -2.06. The molecule has 0 bridgehead atoms. The Balaban J connectivity index is 1.04. The van der Waals surface area contributed by atoms with E-state index >= 15 is 0 Å². The molecule has 0 fully saturated rings. The van der Waals surface area contributed by atoms with Crippen LogP contribution in [0.25, 0.3) is 94.7 Å². The van der Waals surface area contributed by atoms with E-state index in [0.29, 0.717) is 17.6 Å². The summed E-state index contributed by atoms with van der Waals surface area (Å²) < 4.78 is 2.16. The van der Waals surface area contributed by atoms with E-state index in [1.807, 2.05) is 6.07 Å². The summed E-state index contributed by atoms with van der Waals surface area (Å²) in [5, 5.41) is 4.82. The summed E-state index contributed by atoms with van der Waals surface area (Å²) in [4.78, 5) is 15.4. The Hall–Kier alpha value is -7.17. The van der Waals surface area contributed by atoms with Gasteiger partial charge in [0, 0.05) is 21.9 Å². The van der Waals surface area contributed by atoms with E-state index in [1.54, 1.807) is 0 Å². The van der Waals surface area contributed by atoms with E-state index in [0.717, 1.165) is 49.6 Å². The van der Waals surface area contributed by atoms with Gasteiger partial charge in [0.05, 0.1) is 11.0 Å². The molecule has 2 heterocycles. The number of rotatable bonds is 6. The van der Waals surface area contributed by atoms with Gasteiger partial charge in [-0.05, 0) is 62.4 Å². The van der Waals surface area contributed by atoms with Crippen molar-refractivity contribution in [1.29, 1.82) is 0 Å². The Kier molecular flexibility index (Phi) is 7.43. The molecule has 248 valence electrons. The van der Waals surface area contributed by atoms with Crippen molar-refractivity contribution >= 4 is 32.6 Å². The second kappa shape index (κ2) is 12.9. The van der Waals surface area contributed by atoms with Crippen molar-refractivity contribution in [3.8, 4) is 62.1 Å². The number of para-hydroxylation sites is 2. The normalized spacial score (nSPS) is 11.4. The van der Waals surface area contributed by atoms with Crippen molar-refractivity contribution in [3.63, 3.8) is 0 Å². The van der Waals surface area contributed by atoms with Crippen LogP contribution in [0.1, 0.15) is 0 Å². The van der Waals surface area contributed by atoms with Crippen LogP contribution in [-0.4, -0.2) is 19.5 Å². The van der Waals surface area contributed by atoms with Gasteiger partial charge in [-0.15, -0.1) is 0 Å². The molecular formula is C49H32N4. The van der Waals surface area contributed by atoms with Crippen molar-refractivity contribution in [2.24, 2.45) is 0 Å². The first-order chi connectivity index (χ1) is 26.2. The zero-order valence-electron chi connectivity index (χ0n) is 28.8. The summed E-state index contributed by atoms with van der Waals surface area (Å²) in [7, 11) is 0. The summed E-state index contributed by atoms with van der Waals surface area (Å²) in [5.74, 6) is 1.83. The van der Waals surface area contributed by atoms with Crippen molar-refractivity contribution in [2.75, 3.05) is 0 Å². The van der Waals surface area contributed by atoms with Crippen LogP contribution in [0.3, 0.4) is 0 Å². The average Bonchev–Trinajstić information content (AvgIpc) is 3.58. The molecule has 0 amide bonds. The molecule has 4 heteroatoms. The third-order valence-electron chi connectivity index (χ3n) is 10.1. The highest BCUT2D eigenvalue weighted by Gasteiger charge is 2.18. The Morgan fingerprint density at radius 2 is 0.679 bits per heavy atom. The molecule has 10 aromatic rings. The molecule has 0 atom stereocenters. The van der Waals surface area contributed by atoms with Crippen molar-refractivity contribution in [2.45, 2.75) is 0 Å². The first kappa shape index (κ1) is 30.6. The number of hydrogen-bond acceptors (Lipinski definition) is 3. The number of hydrogen-bond donors (Lipinski definition) is 0. The molecule has 0 unspecified atom stereocenters. The summed E-state index contributed by atoms with van der Waals surface area (Å²) in [6.45, 7) is 0. The molecule has 0 saturated carbocycles. The minimum absolute atomic E-state index is 0.586. The largest absolute Gasteiger partial charge is 0.278 e. The third-order valence-corrected chi connectivity index (χ3v) is 10.1. The minimum atomic E-state index is 0.586. The maximum Gasteiger partial charge on any atom is 0.238 e. The highest BCUT2D eigenvalue weighted by Crippen LogP contribution is 2.33. The number of nitrogens with zero attached hydrogens (tertiary/aromatic N) is 4. The minimum Gasteiger partial charge on any atom is -0.278 e. The van der Waals surface area contributed by atoms with Crippen molar-refractivity contribution < 1.29 is 0 Å². The van der Waals surface area contributed by atoms with Crippen LogP contribution in [-0.2, 0) is 0 Å². The maximum absolute atomic E-state index is 5.15. The molecule has 0 aliphatic carbocycles. The number of aromatic nitrogens is 4. The van der Waals surface area contributed by atoms with Crippen molar-refractivity contribution in [1.82, 2.24) is 19.5 Å². The molecule has 0 N–H and O–H groups in total. The molecule has 0 saturated heterocycles. The molecule has 0 spiro atoms. The van der Waals surface area contributed by atoms with Gasteiger partial charge in [-0.3, -0.25) is 4.57 Å². The summed E-state index contributed by atoms with van der Waals surface area (Å²) in [6, 6.07) is 68.2. The summed E-state index contributed by atoms with van der Waals surface area (Å²) in [5.41, 5.74) is 11.0. The highest BCUT2D eigenvalue weighted by atomic mass is 15.2. The fourth-order valence-electron chi connectivity index (χ4n) is 7.34. The molecule has 10 rings (SSSR count). The Morgan fingerprint density at radius 1 is 0.283 bits per heavy atom. The van der Waals surface area contributed by atoms with Crippen LogP contribution in [0.2, 0.25) is 0 Å². The average molecular weight is 677 g/mol. The first-order valence-corrected chi connectivity index (χ1v) is 17.9. The van der Waals surface area contributed by atoms with E-state index < -0.39 is 0 Å². The Labute approximate surface area is 307 Å². The van der Waals surface area contributed by atoms with Crippen LogP contribution < -0.4 is 0 Å². The van der Waals surface area contributed by atoms with Gasteiger partial charge in [0.1, 0.15) is 0 Å². The van der Waals surface area contributed by atoms with E-state index in [2.05, 4.69) is 193 Å². The van der Waals surface area contributed by atoms with Gasteiger partial charge in [-0.2, -0.15) is 9.97 Å². The van der Waals surface area contributed by atoms with E-state index in [1.165, 1.54) is 27.5 Å². The van der Waals surface area contributed by atoms with Crippen LogP contribution in [0.5, 0.6) is 0 Å². The molecule has 0 aliphatic heterocycles. The topological polar surface area (TPSA) is 43.6 Å². The predicted octanol–water partition coefficient (Wildman–Crippen LogP) is 12.5. The second-order valence-electron chi connectivity index (χ2n) is 13.3. The third kappa shape index (κ3) is 5.63. The van der Waals surface area contributed by atoms with Gasteiger partial charge in [-0.1, -0.05) is 176 Å². The van der Waals surface area contributed by atoms with Gasteiger partial charge in [0.15, 0.2) is 11.6 Å². The fraction of sp³-hybridized carbons (Fsp3) is 0. The molecule has 4 nitrogen and oxygen atoms in total. The second-order valence-corrected chi connectivity index (χ2v) is 13.3. The van der Waals surface area contributed by atoms with Crippen LogP contribution in [0, 0.1) is 0 Å². The standard InChI is InChI=1S/C49H32N4/c1-2-10-33(11-3-1)35-22-27-39(28-23-35)47-50-48(52-49(51-47)53-45-16-8-6-14-43(45)44-15-7-9-17-46(44)53)40-29-24-37(25-30-40)36-18-20-38(21-19-36)42-31-26-34-12-4-5-13-41(34)32-42/h1-32H. The van der Waals surface area contributed by atoms with Crippen LogP contribution in [0.4, 0.5) is 0 Å². The summed E-state index contributed by atoms with van der Waals surface area (Å²) >= 11 is 0. The smallest absolute Gasteiger partial charge is 0.238 e. The van der Waals surface area contributed by atoms with E-state index in [-0.39, 0.29) is 0 Å². The lowest BCUT2D eigenvalue weighted by atomic mass is 9.98. The van der Waals surface area contributed by atoms with Gasteiger partial charge < -0.3 is 0 Å². The molecule has 0 radical (unpaired) electrons. The Morgan fingerprint density at radius 3 is 1.23 bits per heavy atom. The number of fused-ring (bicyclic) bond motifs is 4. The zero-order valence-corrected chi connectivity index (χ0v) is 28.8. The van der Waals surface area contributed by atoms with Crippen LogP contribution in [0.15, 0.2) is 194 Å². The molecule has 8 aromatic carbocycles. The predicted molar refractivity (Wildman–Crippen MR) is 219 cm³/mol. The monoisotopic (exact) mass is 676 g/mol. The molecule has 2 aromatic heterocycles. The van der Waals surface area contributed by atoms with Gasteiger partial charge in [-0.25, -0.2) is 4.98 Å². The quantitative estimate of drug-likeness (QED) is 0.176. The van der Waals surface area contributed by atoms with Crippen LogP contribution >= 0.6 is 0 Å². The maximum atomic E-state index is 5.15. The zero-order chi connectivity index (χ0) is 35.1. The molecule has 53 heavy (non-hydrogen) atoms. The summed E-state index contributed by atoms with van der Waals surface area (Å²) in [6.07, 6.45) is 0. The Bertz CT molecular complexity index is 2860. The fourth-order valence-corrected chi connectivity index (χ4v) is 7.34. The number of benzene rings is 8. The highest BCUT2D eigenvalue weighted by molar-refractivity contribution is 6.09. The van der Waals surface area contributed by atoms with Gasteiger partial charge in [0.2, 0.25) is 5.95 Å². The molecule has 0 aliphatic rings. The van der Waals surface area contributed by atoms with E-state index in [9.17, 15) is 0 Å². The first-order valence-electron chi connectivity index (χ1n) is 17.9. The lowest BCUT2D eigenvalue weighted by Gasteiger charge is -2.12. The SMILES string of the molecule is c1ccc(-c2ccc(-c3nc(-c4ccc(-c5ccc(-c6ccc7ccccc7c6)cc5)cc4)nc(-n4c5ccccc5c5ccccc54)n3)cc2)cc1. The van der Waals surface area contributed by atoms with E-state index in [4.69, 9.17) is 15.0 Å². The molecular weight excluding hydrogens is 645 g/mol.